The molecule has 0 radical (unpaired) electrons. The van der Waals surface area contributed by atoms with Crippen molar-refractivity contribution in [3.05, 3.63) is 35.4 Å². The normalized spacial score (nSPS) is 14.3. The monoisotopic (exact) mass is 248 g/mol. The van der Waals surface area contributed by atoms with Crippen LogP contribution < -0.4 is 5.43 Å². The van der Waals surface area contributed by atoms with E-state index in [9.17, 15) is 4.79 Å². The Morgan fingerprint density at radius 2 is 1.67 bits per heavy atom. The van der Waals surface area contributed by atoms with Crippen LogP contribution in [-0.4, -0.2) is 25.0 Å². The molecule has 2 atom stereocenters. The number of carbonyl (C=O) groups is 1. The zero-order valence-electron chi connectivity index (χ0n) is 12.0. The number of carbonyl (C=O) groups excluding carboxylic acids is 1. The molecule has 100 valence electrons. The maximum Gasteiger partial charge on any atom is 0.241 e. The molecule has 0 aliphatic carbocycles. The van der Waals surface area contributed by atoms with Gasteiger partial charge in [-0.3, -0.25) is 10.2 Å². The van der Waals surface area contributed by atoms with Crippen LogP contribution in [0.25, 0.3) is 0 Å². The van der Waals surface area contributed by atoms with Gasteiger partial charge in [0.2, 0.25) is 5.91 Å². The summed E-state index contributed by atoms with van der Waals surface area (Å²) in [5.41, 5.74) is 5.18. The maximum atomic E-state index is 11.9. The maximum absolute atomic E-state index is 11.9. The highest BCUT2D eigenvalue weighted by Crippen LogP contribution is 2.22. The average Bonchev–Trinajstić information content (AvgIpc) is 2.36. The van der Waals surface area contributed by atoms with Gasteiger partial charge in [-0.05, 0) is 30.4 Å². The van der Waals surface area contributed by atoms with Gasteiger partial charge in [-0.1, -0.05) is 38.1 Å². The minimum absolute atomic E-state index is 0.0243. The Labute approximate surface area is 110 Å². The van der Waals surface area contributed by atoms with E-state index in [1.807, 2.05) is 21.0 Å². The van der Waals surface area contributed by atoms with Crippen LogP contribution in [0.3, 0.4) is 0 Å². The fraction of sp³-hybridized carbons (Fsp3) is 0.533. The number of hydrogen-bond donors (Lipinski definition) is 1. The molecule has 0 aliphatic heterocycles. The van der Waals surface area contributed by atoms with Gasteiger partial charge >= 0.3 is 0 Å². The minimum atomic E-state index is -0.126. The molecule has 1 amide bonds. The summed E-state index contributed by atoms with van der Waals surface area (Å²) in [6, 6.07) is 8.37. The Kier molecular flexibility index (Phi) is 5.35. The van der Waals surface area contributed by atoms with E-state index in [0.717, 1.165) is 12.0 Å². The molecule has 0 aliphatic rings. The van der Waals surface area contributed by atoms with Crippen molar-refractivity contribution in [2.45, 2.75) is 39.0 Å². The molecule has 0 heterocycles. The van der Waals surface area contributed by atoms with Crippen LogP contribution in [0.4, 0.5) is 0 Å². The summed E-state index contributed by atoms with van der Waals surface area (Å²) < 4.78 is 0. The number of rotatable bonds is 5. The van der Waals surface area contributed by atoms with Crippen molar-refractivity contribution in [1.82, 2.24) is 10.4 Å². The van der Waals surface area contributed by atoms with Crippen LogP contribution >= 0.6 is 0 Å². The first-order chi connectivity index (χ1) is 8.45. The van der Waals surface area contributed by atoms with Gasteiger partial charge in [0.15, 0.2) is 0 Å². The summed E-state index contributed by atoms with van der Waals surface area (Å²) in [7, 11) is 3.63. The Morgan fingerprint density at radius 1 is 1.17 bits per heavy atom. The second-order valence-corrected chi connectivity index (χ2v) is 5.07. The van der Waals surface area contributed by atoms with E-state index >= 15 is 0 Å². The van der Waals surface area contributed by atoms with Crippen molar-refractivity contribution in [2.24, 2.45) is 0 Å². The van der Waals surface area contributed by atoms with Gasteiger partial charge in [0.1, 0.15) is 0 Å². The van der Waals surface area contributed by atoms with Crippen molar-refractivity contribution in [1.29, 1.82) is 0 Å². The summed E-state index contributed by atoms with van der Waals surface area (Å²) in [5, 5.41) is 1.67. The first-order valence-electron chi connectivity index (χ1n) is 6.53. The highest BCUT2D eigenvalue weighted by molar-refractivity contribution is 5.82. The van der Waals surface area contributed by atoms with Gasteiger partial charge in [0.25, 0.3) is 0 Å². The molecule has 18 heavy (non-hydrogen) atoms. The number of nitrogens with one attached hydrogen (secondary N) is 1. The van der Waals surface area contributed by atoms with E-state index in [1.54, 1.807) is 5.01 Å². The zero-order valence-corrected chi connectivity index (χ0v) is 12.0. The molecule has 0 saturated carbocycles. The van der Waals surface area contributed by atoms with Crippen molar-refractivity contribution >= 4 is 5.91 Å². The third kappa shape index (κ3) is 3.84. The van der Waals surface area contributed by atoms with E-state index in [0.29, 0.717) is 5.92 Å². The molecular formula is C15H24N2O. The molecule has 1 N–H and O–H groups in total. The summed E-state index contributed by atoms with van der Waals surface area (Å²) in [6.45, 7) is 6.33. The number of nitrogens with zero attached hydrogens (tertiary/aromatic N) is 1. The third-order valence-electron chi connectivity index (χ3n) is 3.34. The molecule has 1 rings (SSSR count). The lowest BCUT2D eigenvalue weighted by molar-refractivity contribution is -0.125. The molecule has 0 saturated heterocycles. The van der Waals surface area contributed by atoms with Gasteiger partial charge in [0, 0.05) is 14.1 Å². The summed E-state index contributed by atoms with van der Waals surface area (Å²) in [4.78, 5) is 11.9. The topological polar surface area (TPSA) is 32.3 Å². The number of hydrogen-bond acceptors (Lipinski definition) is 2. The summed E-state index contributed by atoms with van der Waals surface area (Å²) in [6.07, 6.45) is 1.13. The van der Waals surface area contributed by atoms with Crippen molar-refractivity contribution < 1.29 is 4.79 Å². The van der Waals surface area contributed by atoms with Crippen LogP contribution in [0.2, 0.25) is 0 Å². The molecule has 0 spiro atoms. The fourth-order valence-corrected chi connectivity index (χ4v) is 1.82. The molecule has 3 heteroatoms. The predicted molar refractivity (Wildman–Crippen MR) is 75.4 cm³/mol. The standard InChI is InChI=1S/C15H24N2O/c1-6-11(2)13-7-9-14(10-8-13)12(3)15(18)16-17(4)5/h7-12H,6H2,1-5H3,(H,16,18). The lowest BCUT2D eigenvalue weighted by Gasteiger charge is -2.17. The Hall–Kier alpha value is -1.35. The average molecular weight is 248 g/mol. The van der Waals surface area contributed by atoms with Gasteiger partial charge < -0.3 is 0 Å². The zero-order chi connectivity index (χ0) is 13.7. The molecule has 0 fully saturated rings. The first-order valence-corrected chi connectivity index (χ1v) is 6.53. The van der Waals surface area contributed by atoms with Crippen LogP contribution in [0.5, 0.6) is 0 Å². The van der Waals surface area contributed by atoms with Crippen molar-refractivity contribution in [2.75, 3.05) is 14.1 Å². The lowest BCUT2D eigenvalue weighted by Crippen LogP contribution is -2.38. The summed E-state index contributed by atoms with van der Waals surface area (Å²) >= 11 is 0. The Bertz CT molecular complexity index is 384. The molecule has 0 bridgehead atoms. The molecule has 0 aromatic heterocycles. The van der Waals surface area contributed by atoms with Gasteiger partial charge in [0.05, 0.1) is 5.92 Å². The molecule has 1 aromatic carbocycles. The molecule has 1 aromatic rings. The van der Waals surface area contributed by atoms with Gasteiger partial charge in [-0.2, -0.15) is 0 Å². The second-order valence-electron chi connectivity index (χ2n) is 5.07. The van der Waals surface area contributed by atoms with E-state index < -0.39 is 0 Å². The quantitative estimate of drug-likeness (QED) is 0.813. The fourth-order valence-electron chi connectivity index (χ4n) is 1.82. The van der Waals surface area contributed by atoms with Crippen molar-refractivity contribution in [3.63, 3.8) is 0 Å². The SMILES string of the molecule is CCC(C)c1ccc(C(C)C(=O)NN(C)C)cc1. The molecule has 2 unspecified atom stereocenters. The number of amides is 1. The molecular weight excluding hydrogens is 224 g/mol. The summed E-state index contributed by atoms with van der Waals surface area (Å²) in [5.74, 6) is 0.472. The Balaban J connectivity index is 2.75. The first kappa shape index (κ1) is 14.7. The van der Waals surface area contributed by atoms with Gasteiger partial charge in [-0.25, -0.2) is 5.01 Å². The Morgan fingerprint density at radius 3 is 2.11 bits per heavy atom. The van der Waals surface area contributed by atoms with Crippen LogP contribution in [0.1, 0.15) is 50.2 Å². The van der Waals surface area contributed by atoms with Crippen LogP contribution in [-0.2, 0) is 4.79 Å². The largest absolute Gasteiger partial charge is 0.289 e. The lowest BCUT2D eigenvalue weighted by atomic mass is 9.94. The second kappa shape index (κ2) is 6.55. The number of hydrazine groups is 1. The van der Waals surface area contributed by atoms with Crippen LogP contribution in [0, 0.1) is 0 Å². The van der Waals surface area contributed by atoms with Crippen molar-refractivity contribution in [3.8, 4) is 0 Å². The van der Waals surface area contributed by atoms with Crippen LogP contribution in [0.15, 0.2) is 24.3 Å². The van der Waals surface area contributed by atoms with E-state index in [2.05, 4.69) is 43.5 Å². The highest BCUT2D eigenvalue weighted by Gasteiger charge is 2.15. The molecule has 3 nitrogen and oxygen atoms in total. The van der Waals surface area contributed by atoms with E-state index in [1.165, 1.54) is 5.56 Å². The highest BCUT2D eigenvalue weighted by atomic mass is 16.2. The van der Waals surface area contributed by atoms with E-state index in [4.69, 9.17) is 0 Å². The predicted octanol–water partition coefficient (Wildman–Crippen LogP) is 2.90. The van der Waals surface area contributed by atoms with Gasteiger partial charge in [-0.15, -0.1) is 0 Å². The minimum Gasteiger partial charge on any atom is -0.289 e. The smallest absolute Gasteiger partial charge is 0.241 e. The van der Waals surface area contributed by atoms with E-state index in [-0.39, 0.29) is 11.8 Å². The number of benzene rings is 1. The third-order valence-corrected chi connectivity index (χ3v) is 3.34.